The monoisotopic (exact) mass is 457 g/mol. The summed E-state index contributed by atoms with van der Waals surface area (Å²) < 4.78 is 28.4. The standard InChI is InChI=1S/C19H19Cl2F2N5O2/c20-11-3-2-10(8-12(11)21)15-14(16(24)29)13-9-27(6-7-28(13)26-15)18(30)25-19(17(22)23)4-1-5-19/h2-3,8,17H,1,4-7,9H2,(H2,24,29)(H,25,30). The van der Waals surface area contributed by atoms with Crippen LogP contribution in [0.3, 0.4) is 0 Å². The summed E-state index contributed by atoms with van der Waals surface area (Å²) in [6.07, 6.45) is -1.49. The molecule has 2 aromatic rings. The summed E-state index contributed by atoms with van der Waals surface area (Å²) in [4.78, 5) is 26.3. The first kappa shape index (κ1) is 20.9. The van der Waals surface area contributed by atoms with Gasteiger partial charge in [0.05, 0.1) is 34.4 Å². The SMILES string of the molecule is NC(=O)c1c(-c2ccc(Cl)c(Cl)c2)nn2c1CN(C(=O)NC1(C(F)F)CCC1)CC2. The maximum Gasteiger partial charge on any atom is 0.318 e. The summed E-state index contributed by atoms with van der Waals surface area (Å²) in [5.74, 6) is -0.706. The summed E-state index contributed by atoms with van der Waals surface area (Å²) in [6, 6.07) is 4.25. The van der Waals surface area contributed by atoms with Gasteiger partial charge in [-0.25, -0.2) is 13.6 Å². The van der Waals surface area contributed by atoms with E-state index in [0.717, 1.165) is 0 Å². The molecule has 0 saturated heterocycles. The molecule has 1 aromatic heterocycles. The Morgan fingerprint density at radius 2 is 1.93 bits per heavy atom. The van der Waals surface area contributed by atoms with Crippen molar-refractivity contribution in [1.82, 2.24) is 20.0 Å². The largest absolute Gasteiger partial charge is 0.365 e. The zero-order valence-corrected chi connectivity index (χ0v) is 17.3. The molecular formula is C19H19Cl2F2N5O2. The summed E-state index contributed by atoms with van der Waals surface area (Å²) in [6.45, 7) is 0.586. The van der Waals surface area contributed by atoms with Crippen LogP contribution < -0.4 is 11.1 Å². The first-order valence-electron chi connectivity index (χ1n) is 9.42. The molecule has 0 spiro atoms. The Balaban J connectivity index is 1.63. The Labute approximate surface area is 181 Å². The first-order chi connectivity index (χ1) is 14.2. The normalized spacial score (nSPS) is 17.4. The third-order valence-corrected chi connectivity index (χ3v) is 6.47. The van der Waals surface area contributed by atoms with Crippen LogP contribution in [0.4, 0.5) is 13.6 Å². The topological polar surface area (TPSA) is 93.2 Å². The van der Waals surface area contributed by atoms with Crippen LogP contribution in [0.1, 0.15) is 35.3 Å². The van der Waals surface area contributed by atoms with Gasteiger partial charge in [-0.1, -0.05) is 29.3 Å². The lowest BCUT2D eigenvalue weighted by Gasteiger charge is -2.43. The van der Waals surface area contributed by atoms with Gasteiger partial charge >= 0.3 is 6.03 Å². The van der Waals surface area contributed by atoms with Crippen molar-refractivity contribution in [3.63, 3.8) is 0 Å². The van der Waals surface area contributed by atoms with Gasteiger partial charge in [0.25, 0.3) is 12.3 Å². The molecule has 0 bridgehead atoms. The quantitative estimate of drug-likeness (QED) is 0.733. The second kappa shape index (κ2) is 7.70. The van der Waals surface area contributed by atoms with Crippen molar-refractivity contribution in [2.75, 3.05) is 6.54 Å². The van der Waals surface area contributed by atoms with E-state index < -0.39 is 23.9 Å². The number of hydrogen-bond donors (Lipinski definition) is 2. The number of alkyl halides is 2. The molecule has 30 heavy (non-hydrogen) atoms. The van der Waals surface area contributed by atoms with Crippen molar-refractivity contribution in [3.8, 4) is 11.3 Å². The van der Waals surface area contributed by atoms with Crippen LogP contribution in [0.2, 0.25) is 10.0 Å². The number of primary amides is 1. The van der Waals surface area contributed by atoms with E-state index in [2.05, 4.69) is 10.4 Å². The highest BCUT2D eigenvalue weighted by Gasteiger charge is 2.47. The highest BCUT2D eigenvalue weighted by atomic mass is 35.5. The Bertz CT molecular complexity index is 1020. The minimum absolute atomic E-state index is 0.0255. The molecule has 1 aliphatic heterocycles. The third kappa shape index (κ3) is 3.50. The molecule has 1 aromatic carbocycles. The molecule has 2 aliphatic rings. The van der Waals surface area contributed by atoms with Crippen molar-refractivity contribution < 1.29 is 18.4 Å². The fourth-order valence-corrected chi connectivity index (χ4v) is 4.14. The van der Waals surface area contributed by atoms with Crippen molar-refractivity contribution in [1.29, 1.82) is 0 Å². The van der Waals surface area contributed by atoms with Crippen molar-refractivity contribution in [2.45, 2.75) is 44.3 Å². The number of benzene rings is 1. The van der Waals surface area contributed by atoms with E-state index in [1.165, 1.54) is 4.90 Å². The van der Waals surface area contributed by atoms with Crippen LogP contribution in [0.5, 0.6) is 0 Å². The molecule has 1 fully saturated rings. The molecule has 2 heterocycles. The van der Waals surface area contributed by atoms with E-state index in [4.69, 9.17) is 28.9 Å². The minimum Gasteiger partial charge on any atom is -0.365 e. The molecule has 1 saturated carbocycles. The molecule has 4 rings (SSSR count). The van der Waals surface area contributed by atoms with Gasteiger partial charge in [-0.2, -0.15) is 5.10 Å². The second-order valence-electron chi connectivity index (χ2n) is 7.55. The Morgan fingerprint density at radius 1 is 1.20 bits per heavy atom. The summed E-state index contributed by atoms with van der Waals surface area (Å²) in [5, 5.41) is 7.62. The Hall–Kier alpha value is -2.39. The summed E-state index contributed by atoms with van der Waals surface area (Å²) >= 11 is 12.1. The molecule has 7 nitrogen and oxygen atoms in total. The molecule has 160 valence electrons. The molecule has 0 atom stereocenters. The number of nitrogens with two attached hydrogens (primary N) is 1. The summed E-state index contributed by atoms with van der Waals surface area (Å²) in [5.41, 5.74) is 5.65. The van der Waals surface area contributed by atoms with Gasteiger partial charge in [0.1, 0.15) is 11.2 Å². The lowest BCUT2D eigenvalue weighted by molar-refractivity contribution is -0.0141. The number of fused-ring (bicyclic) bond motifs is 1. The zero-order valence-electron chi connectivity index (χ0n) is 15.8. The predicted molar refractivity (Wildman–Crippen MR) is 108 cm³/mol. The van der Waals surface area contributed by atoms with Gasteiger partial charge in [-0.05, 0) is 31.4 Å². The fourth-order valence-electron chi connectivity index (χ4n) is 3.84. The van der Waals surface area contributed by atoms with Crippen LogP contribution in [0.25, 0.3) is 11.3 Å². The molecule has 0 unspecified atom stereocenters. The van der Waals surface area contributed by atoms with E-state index in [-0.39, 0.29) is 31.5 Å². The maximum absolute atomic E-state index is 13.4. The van der Waals surface area contributed by atoms with Crippen LogP contribution >= 0.6 is 23.2 Å². The van der Waals surface area contributed by atoms with E-state index in [9.17, 15) is 18.4 Å². The number of rotatable bonds is 4. The van der Waals surface area contributed by atoms with Crippen molar-refractivity contribution in [2.24, 2.45) is 5.73 Å². The lowest BCUT2D eigenvalue weighted by Crippen LogP contribution is -2.61. The molecule has 1 aliphatic carbocycles. The molecule has 0 radical (unpaired) electrons. The second-order valence-corrected chi connectivity index (χ2v) is 8.36. The number of carbonyl (C=O) groups is 2. The van der Waals surface area contributed by atoms with Gasteiger partial charge in [0, 0.05) is 12.1 Å². The van der Waals surface area contributed by atoms with Gasteiger partial charge in [0.15, 0.2) is 0 Å². The average molecular weight is 458 g/mol. The number of nitrogens with one attached hydrogen (secondary N) is 1. The number of carbonyl (C=O) groups excluding carboxylic acids is 2. The third-order valence-electron chi connectivity index (χ3n) is 5.73. The van der Waals surface area contributed by atoms with Crippen molar-refractivity contribution in [3.05, 3.63) is 39.5 Å². The van der Waals surface area contributed by atoms with E-state index >= 15 is 0 Å². The number of urea groups is 1. The predicted octanol–water partition coefficient (Wildman–Crippen LogP) is 3.67. The zero-order chi connectivity index (χ0) is 21.6. The average Bonchev–Trinajstić information content (AvgIpc) is 3.05. The molecule has 3 N–H and O–H groups in total. The number of halogens is 4. The van der Waals surface area contributed by atoms with Gasteiger partial charge in [-0.15, -0.1) is 0 Å². The van der Waals surface area contributed by atoms with E-state index in [0.29, 0.717) is 40.0 Å². The van der Waals surface area contributed by atoms with Crippen LogP contribution in [-0.2, 0) is 13.1 Å². The van der Waals surface area contributed by atoms with Crippen LogP contribution in [0.15, 0.2) is 18.2 Å². The molecule has 3 amide bonds. The van der Waals surface area contributed by atoms with Crippen LogP contribution in [0, 0.1) is 0 Å². The fraction of sp³-hybridized carbons (Fsp3) is 0.421. The number of nitrogens with zero attached hydrogens (tertiary/aromatic N) is 3. The smallest absolute Gasteiger partial charge is 0.318 e. The number of aromatic nitrogens is 2. The molecule has 11 heteroatoms. The van der Waals surface area contributed by atoms with Crippen LogP contribution in [-0.4, -0.2) is 45.1 Å². The van der Waals surface area contributed by atoms with Gasteiger partial charge in [-0.3, -0.25) is 9.48 Å². The van der Waals surface area contributed by atoms with E-state index in [1.807, 2.05) is 0 Å². The van der Waals surface area contributed by atoms with Gasteiger partial charge in [0.2, 0.25) is 0 Å². The lowest BCUT2D eigenvalue weighted by atomic mass is 9.77. The number of amides is 3. The maximum atomic E-state index is 13.4. The Morgan fingerprint density at radius 3 is 2.50 bits per heavy atom. The highest BCUT2D eigenvalue weighted by Crippen LogP contribution is 2.38. The van der Waals surface area contributed by atoms with E-state index in [1.54, 1.807) is 22.9 Å². The first-order valence-corrected chi connectivity index (χ1v) is 10.2. The summed E-state index contributed by atoms with van der Waals surface area (Å²) in [7, 11) is 0. The van der Waals surface area contributed by atoms with Gasteiger partial charge < -0.3 is 16.0 Å². The number of hydrogen-bond acceptors (Lipinski definition) is 3. The Kier molecular flexibility index (Phi) is 5.36. The highest BCUT2D eigenvalue weighted by molar-refractivity contribution is 6.42. The minimum atomic E-state index is -2.63. The van der Waals surface area contributed by atoms with Crippen molar-refractivity contribution >= 4 is 35.1 Å². The molecular weight excluding hydrogens is 439 g/mol.